The molecule has 0 heterocycles. The third-order valence-electron chi connectivity index (χ3n) is 0.861. The van der Waals surface area contributed by atoms with Crippen LogP contribution in [0.5, 0.6) is 0 Å². The van der Waals surface area contributed by atoms with Crippen LogP contribution < -0.4 is 0 Å². The van der Waals surface area contributed by atoms with Crippen LogP contribution in [0.2, 0.25) is 0 Å². The normalized spacial score (nSPS) is 11.8. The summed E-state index contributed by atoms with van der Waals surface area (Å²) in [6, 6.07) is 0. The molecule has 0 amide bonds. The molecule has 0 spiro atoms. The highest BCUT2D eigenvalue weighted by atomic mass is 32.2. The fraction of sp³-hybridized carbons (Fsp3) is 1.00. The second-order valence-electron chi connectivity index (χ2n) is 1.69. The highest BCUT2D eigenvalue weighted by Gasteiger charge is 2.07. The van der Waals surface area contributed by atoms with Crippen molar-refractivity contribution in [2.75, 3.05) is 5.75 Å². The Bertz CT molecular complexity index is 148. The van der Waals surface area contributed by atoms with Gasteiger partial charge in [-0.25, -0.2) is 5.26 Å². The van der Waals surface area contributed by atoms with Crippen molar-refractivity contribution in [1.82, 2.24) is 0 Å². The zero-order chi connectivity index (χ0) is 7.33. The van der Waals surface area contributed by atoms with Crippen LogP contribution in [0.25, 0.3) is 0 Å². The Balaban J connectivity index is 3.61. The van der Waals surface area contributed by atoms with E-state index in [-0.39, 0.29) is 5.75 Å². The molecule has 5 heteroatoms. The minimum absolute atomic E-state index is 0.111. The second kappa shape index (κ2) is 3.81. The molecule has 0 saturated heterocycles. The molecule has 0 aromatic rings. The topological polar surface area (TPSA) is 63.6 Å². The third-order valence-corrected chi connectivity index (χ3v) is 1.88. The predicted octanol–water partition coefficient (Wildman–Crippen LogP) is 0.606. The predicted molar refractivity (Wildman–Crippen MR) is 32.4 cm³/mol. The van der Waals surface area contributed by atoms with Crippen molar-refractivity contribution >= 4 is 10.1 Å². The summed E-state index contributed by atoms with van der Waals surface area (Å²) in [5, 5.41) is 7.73. The maximum absolute atomic E-state index is 10.3. The van der Waals surface area contributed by atoms with E-state index in [4.69, 9.17) is 5.26 Å². The first-order chi connectivity index (χ1) is 4.12. The molecular weight excluding hydrogens is 144 g/mol. The Morgan fingerprint density at radius 2 is 2.11 bits per heavy atom. The minimum Gasteiger partial charge on any atom is -0.235 e. The van der Waals surface area contributed by atoms with E-state index in [1.54, 1.807) is 0 Å². The highest BCUT2D eigenvalue weighted by Crippen LogP contribution is 1.95. The van der Waals surface area contributed by atoms with Gasteiger partial charge < -0.3 is 0 Å². The van der Waals surface area contributed by atoms with Gasteiger partial charge in [0.1, 0.15) is 0 Å². The van der Waals surface area contributed by atoms with Crippen LogP contribution in [0.4, 0.5) is 0 Å². The Labute approximate surface area is 54.5 Å². The molecule has 0 aliphatic carbocycles. The van der Waals surface area contributed by atoms with Crippen molar-refractivity contribution in [2.45, 2.75) is 19.8 Å². The molecule has 0 unspecified atom stereocenters. The van der Waals surface area contributed by atoms with Gasteiger partial charge in [0.25, 0.3) is 10.1 Å². The van der Waals surface area contributed by atoms with Gasteiger partial charge in [0.05, 0.1) is 5.75 Å². The first-order valence-corrected chi connectivity index (χ1v) is 4.26. The fourth-order valence-electron chi connectivity index (χ4n) is 0.358. The van der Waals surface area contributed by atoms with Gasteiger partial charge in [-0.2, -0.15) is 8.42 Å². The standard InChI is InChI=1S/C4H10O4S/c1-2-3-4-9(6,7)8-5/h5H,2-4H2,1H3. The van der Waals surface area contributed by atoms with Crippen molar-refractivity contribution < 1.29 is 18.0 Å². The zero-order valence-corrected chi connectivity index (χ0v) is 6.02. The molecular formula is C4H10O4S. The van der Waals surface area contributed by atoms with E-state index >= 15 is 0 Å². The van der Waals surface area contributed by atoms with Gasteiger partial charge in [-0.1, -0.05) is 13.3 Å². The van der Waals surface area contributed by atoms with Crippen LogP contribution in [0.15, 0.2) is 0 Å². The average Bonchev–Trinajstić information content (AvgIpc) is 1.84. The number of unbranched alkanes of at least 4 members (excludes halogenated alkanes) is 1. The molecule has 0 aromatic carbocycles. The van der Waals surface area contributed by atoms with Gasteiger partial charge in [-0.05, 0) is 6.42 Å². The van der Waals surface area contributed by atoms with Crippen LogP contribution in [-0.4, -0.2) is 19.4 Å². The summed E-state index contributed by atoms with van der Waals surface area (Å²) in [5.74, 6) is -0.111. The fourth-order valence-corrected chi connectivity index (χ4v) is 1.08. The molecule has 0 saturated carbocycles. The number of rotatable bonds is 4. The molecule has 0 bridgehead atoms. The smallest absolute Gasteiger partial charge is 0.235 e. The van der Waals surface area contributed by atoms with Crippen LogP contribution >= 0.6 is 0 Å². The SMILES string of the molecule is CCCCS(=O)(=O)OO. The largest absolute Gasteiger partial charge is 0.293 e. The Morgan fingerprint density at radius 3 is 2.44 bits per heavy atom. The van der Waals surface area contributed by atoms with E-state index in [0.717, 1.165) is 6.42 Å². The van der Waals surface area contributed by atoms with E-state index < -0.39 is 10.1 Å². The first kappa shape index (κ1) is 8.87. The quantitative estimate of drug-likeness (QED) is 0.476. The summed E-state index contributed by atoms with van der Waals surface area (Å²) >= 11 is 0. The van der Waals surface area contributed by atoms with Crippen molar-refractivity contribution in [2.24, 2.45) is 0 Å². The van der Waals surface area contributed by atoms with Crippen molar-refractivity contribution in [1.29, 1.82) is 0 Å². The Hall–Kier alpha value is -0.130. The lowest BCUT2D eigenvalue weighted by Gasteiger charge is -1.94. The van der Waals surface area contributed by atoms with Crippen LogP contribution in [-0.2, 0) is 14.5 Å². The lowest BCUT2D eigenvalue weighted by molar-refractivity contribution is -0.130. The highest BCUT2D eigenvalue weighted by molar-refractivity contribution is 7.86. The molecule has 56 valence electrons. The van der Waals surface area contributed by atoms with Gasteiger partial charge in [0.15, 0.2) is 0 Å². The summed E-state index contributed by atoms with van der Waals surface area (Å²) in [6.45, 7) is 1.85. The molecule has 0 aromatic heterocycles. The third kappa shape index (κ3) is 4.38. The van der Waals surface area contributed by atoms with E-state index in [0.29, 0.717) is 6.42 Å². The first-order valence-electron chi connectivity index (χ1n) is 2.68. The van der Waals surface area contributed by atoms with Crippen LogP contribution in [0.3, 0.4) is 0 Å². The lowest BCUT2D eigenvalue weighted by atomic mass is 10.4. The van der Waals surface area contributed by atoms with Crippen LogP contribution in [0.1, 0.15) is 19.8 Å². The molecule has 0 fully saturated rings. The van der Waals surface area contributed by atoms with Gasteiger partial charge in [-0.3, -0.25) is 0 Å². The molecule has 0 radical (unpaired) electrons. The van der Waals surface area contributed by atoms with E-state index in [9.17, 15) is 8.42 Å². The van der Waals surface area contributed by atoms with Crippen molar-refractivity contribution in [3.63, 3.8) is 0 Å². The number of hydrogen-bond acceptors (Lipinski definition) is 4. The number of hydrogen-bond donors (Lipinski definition) is 1. The maximum Gasteiger partial charge on any atom is 0.293 e. The van der Waals surface area contributed by atoms with E-state index in [1.807, 2.05) is 6.92 Å². The lowest BCUT2D eigenvalue weighted by Crippen LogP contribution is -2.07. The summed E-state index contributed by atoms with van der Waals surface area (Å²) in [7, 11) is -3.63. The second-order valence-corrected chi connectivity index (χ2v) is 3.36. The summed E-state index contributed by atoms with van der Waals surface area (Å²) < 4.78 is 23.8. The van der Waals surface area contributed by atoms with Gasteiger partial charge >= 0.3 is 0 Å². The summed E-state index contributed by atoms with van der Waals surface area (Å²) in [5.41, 5.74) is 0. The van der Waals surface area contributed by atoms with Crippen molar-refractivity contribution in [3.8, 4) is 0 Å². The molecule has 0 atom stereocenters. The average molecular weight is 154 g/mol. The summed E-state index contributed by atoms with van der Waals surface area (Å²) in [4.78, 5) is 0. The molecule has 9 heavy (non-hydrogen) atoms. The zero-order valence-electron chi connectivity index (χ0n) is 5.20. The van der Waals surface area contributed by atoms with E-state index in [1.165, 1.54) is 0 Å². The van der Waals surface area contributed by atoms with Gasteiger partial charge in [0, 0.05) is 0 Å². The monoisotopic (exact) mass is 154 g/mol. The molecule has 0 rings (SSSR count). The molecule has 0 aliphatic rings. The summed E-state index contributed by atoms with van der Waals surface area (Å²) in [6.07, 6.45) is 1.28. The Morgan fingerprint density at radius 1 is 1.56 bits per heavy atom. The Kier molecular flexibility index (Phi) is 3.76. The van der Waals surface area contributed by atoms with Crippen LogP contribution in [0, 0.1) is 0 Å². The molecule has 4 nitrogen and oxygen atoms in total. The van der Waals surface area contributed by atoms with Gasteiger partial charge in [0.2, 0.25) is 0 Å². The minimum atomic E-state index is -3.63. The molecule has 1 N–H and O–H groups in total. The maximum atomic E-state index is 10.3. The van der Waals surface area contributed by atoms with E-state index in [2.05, 4.69) is 4.33 Å². The molecule has 0 aliphatic heterocycles. The van der Waals surface area contributed by atoms with Gasteiger partial charge in [-0.15, -0.1) is 4.33 Å². The van der Waals surface area contributed by atoms with Crippen molar-refractivity contribution in [3.05, 3.63) is 0 Å².